The Bertz CT molecular complexity index is 493. The van der Waals surface area contributed by atoms with Crippen molar-refractivity contribution in [1.82, 2.24) is 10.2 Å². The summed E-state index contributed by atoms with van der Waals surface area (Å²) in [6.45, 7) is 5.42. The highest BCUT2D eigenvalue weighted by atomic mass is 19.1. The molecule has 114 valence electrons. The number of nitrogens with one attached hydrogen (secondary N) is 1. The van der Waals surface area contributed by atoms with E-state index in [0.717, 1.165) is 32.5 Å². The number of rotatable bonds is 5. The van der Waals surface area contributed by atoms with E-state index in [1.54, 1.807) is 18.2 Å². The number of amides is 1. The number of carbonyl (C=O) groups excluding carboxylic acids is 1. The van der Waals surface area contributed by atoms with Crippen LogP contribution >= 0.6 is 0 Å². The number of piperidine rings is 1. The molecular formula is C17H23FN2O. The zero-order valence-electron chi connectivity index (χ0n) is 12.5. The van der Waals surface area contributed by atoms with E-state index in [1.807, 2.05) is 0 Å². The first-order valence-electron chi connectivity index (χ1n) is 7.64. The third kappa shape index (κ3) is 5.31. The van der Waals surface area contributed by atoms with Crippen LogP contribution in [0.25, 0.3) is 6.08 Å². The molecule has 1 fully saturated rings. The van der Waals surface area contributed by atoms with Crippen LogP contribution in [0.4, 0.5) is 4.39 Å². The summed E-state index contributed by atoms with van der Waals surface area (Å²) in [7, 11) is 0. The molecule has 0 bridgehead atoms. The third-order valence-electron chi connectivity index (χ3n) is 3.75. The molecule has 2 rings (SSSR count). The Morgan fingerprint density at radius 2 is 2.19 bits per heavy atom. The largest absolute Gasteiger partial charge is 0.350 e. The molecule has 0 aliphatic carbocycles. The zero-order chi connectivity index (χ0) is 15.1. The summed E-state index contributed by atoms with van der Waals surface area (Å²) < 4.78 is 13.0. The van der Waals surface area contributed by atoms with Gasteiger partial charge in [0.2, 0.25) is 5.91 Å². The third-order valence-corrected chi connectivity index (χ3v) is 3.75. The fourth-order valence-electron chi connectivity index (χ4n) is 2.65. The number of likely N-dealkylation sites (tertiary alicyclic amines) is 1. The Morgan fingerprint density at radius 1 is 1.43 bits per heavy atom. The molecular weight excluding hydrogens is 267 g/mol. The fraction of sp³-hybridized carbons (Fsp3) is 0.471. The Kier molecular flexibility index (Phi) is 5.93. The standard InChI is InChI=1S/C17H23FN2O/c1-2-10-20-11-8-16(9-12-20)19-17(21)7-6-14-4-3-5-15(18)13-14/h3-7,13,16H,2,8-12H2,1H3,(H,19,21)/b7-6+. The monoisotopic (exact) mass is 290 g/mol. The van der Waals surface area contributed by atoms with E-state index < -0.39 is 0 Å². The van der Waals surface area contributed by atoms with Crippen LogP contribution in [-0.2, 0) is 4.79 Å². The van der Waals surface area contributed by atoms with Gasteiger partial charge >= 0.3 is 0 Å². The highest BCUT2D eigenvalue weighted by Gasteiger charge is 2.19. The number of benzene rings is 1. The van der Waals surface area contributed by atoms with Gasteiger partial charge in [-0.2, -0.15) is 0 Å². The molecule has 0 aromatic heterocycles. The minimum Gasteiger partial charge on any atom is -0.350 e. The van der Waals surface area contributed by atoms with Crippen LogP contribution in [0, 0.1) is 5.82 Å². The van der Waals surface area contributed by atoms with Crippen LogP contribution in [0.5, 0.6) is 0 Å². The highest BCUT2D eigenvalue weighted by molar-refractivity contribution is 5.91. The molecule has 0 atom stereocenters. The van der Waals surface area contributed by atoms with Crippen molar-refractivity contribution >= 4 is 12.0 Å². The number of carbonyl (C=O) groups is 1. The lowest BCUT2D eigenvalue weighted by atomic mass is 10.0. The summed E-state index contributed by atoms with van der Waals surface area (Å²) in [4.78, 5) is 14.3. The molecule has 1 amide bonds. The number of hydrogen-bond donors (Lipinski definition) is 1. The first-order chi connectivity index (χ1) is 10.2. The van der Waals surface area contributed by atoms with Gasteiger partial charge in [0, 0.05) is 25.2 Å². The van der Waals surface area contributed by atoms with Crippen LogP contribution in [0.1, 0.15) is 31.7 Å². The van der Waals surface area contributed by atoms with Crippen LogP contribution in [0.15, 0.2) is 30.3 Å². The minimum atomic E-state index is -0.291. The van der Waals surface area contributed by atoms with Crippen molar-refractivity contribution in [1.29, 1.82) is 0 Å². The minimum absolute atomic E-state index is 0.104. The summed E-state index contributed by atoms with van der Waals surface area (Å²) in [5, 5.41) is 3.02. The molecule has 3 nitrogen and oxygen atoms in total. The zero-order valence-corrected chi connectivity index (χ0v) is 12.5. The Balaban J connectivity index is 1.77. The maximum absolute atomic E-state index is 13.0. The maximum atomic E-state index is 13.0. The lowest BCUT2D eigenvalue weighted by molar-refractivity contribution is -0.117. The van der Waals surface area contributed by atoms with E-state index in [9.17, 15) is 9.18 Å². The molecule has 0 saturated carbocycles. The predicted octanol–water partition coefficient (Wildman–Crippen LogP) is 2.83. The van der Waals surface area contributed by atoms with Gasteiger partial charge in [0.05, 0.1) is 0 Å². The molecule has 1 heterocycles. The van der Waals surface area contributed by atoms with Crippen molar-refractivity contribution in [2.45, 2.75) is 32.2 Å². The van der Waals surface area contributed by atoms with Crippen molar-refractivity contribution < 1.29 is 9.18 Å². The summed E-state index contributed by atoms with van der Waals surface area (Å²) >= 11 is 0. The lowest BCUT2D eigenvalue weighted by Gasteiger charge is -2.31. The molecule has 0 unspecified atom stereocenters. The van der Waals surface area contributed by atoms with Gasteiger partial charge in [-0.1, -0.05) is 19.1 Å². The van der Waals surface area contributed by atoms with Gasteiger partial charge < -0.3 is 10.2 Å². The lowest BCUT2D eigenvalue weighted by Crippen LogP contribution is -2.44. The van der Waals surface area contributed by atoms with Gasteiger partial charge in [-0.3, -0.25) is 4.79 Å². The Morgan fingerprint density at radius 3 is 2.86 bits per heavy atom. The molecule has 1 aromatic carbocycles. The van der Waals surface area contributed by atoms with Gasteiger partial charge in [-0.15, -0.1) is 0 Å². The highest BCUT2D eigenvalue weighted by Crippen LogP contribution is 2.11. The quantitative estimate of drug-likeness (QED) is 0.846. The van der Waals surface area contributed by atoms with Crippen LogP contribution in [0.2, 0.25) is 0 Å². The second-order valence-corrected chi connectivity index (χ2v) is 5.51. The van der Waals surface area contributed by atoms with Crippen molar-refractivity contribution in [2.24, 2.45) is 0 Å². The number of halogens is 1. The summed E-state index contributed by atoms with van der Waals surface area (Å²) in [6, 6.07) is 6.46. The van der Waals surface area contributed by atoms with Gasteiger partial charge in [0.25, 0.3) is 0 Å². The van der Waals surface area contributed by atoms with Crippen LogP contribution in [-0.4, -0.2) is 36.5 Å². The summed E-state index contributed by atoms with van der Waals surface area (Å²) in [5.74, 6) is -0.394. The van der Waals surface area contributed by atoms with E-state index in [2.05, 4.69) is 17.1 Å². The number of hydrogen-bond acceptors (Lipinski definition) is 2. The van der Waals surface area contributed by atoms with E-state index in [1.165, 1.54) is 24.6 Å². The van der Waals surface area contributed by atoms with Gasteiger partial charge in [-0.25, -0.2) is 4.39 Å². The van der Waals surface area contributed by atoms with E-state index in [0.29, 0.717) is 5.56 Å². The Hall–Kier alpha value is -1.68. The predicted molar refractivity (Wildman–Crippen MR) is 83.3 cm³/mol. The second kappa shape index (κ2) is 7.93. The fourth-order valence-corrected chi connectivity index (χ4v) is 2.65. The second-order valence-electron chi connectivity index (χ2n) is 5.51. The van der Waals surface area contributed by atoms with Crippen molar-refractivity contribution in [3.05, 3.63) is 41.7 Å². The normalized spacial score (nSPS) is 17.2. The van der Waals surface area contributed by atoms with Gasteiger partial charge in [0.15, 0.2) is 0 Å². The average molecular weight is 290 g/mol. The molecule has 1 aliphatic rings. The van der Waals surface area contributed by atoms with Crippen LogP contribution in [0.3, 0.4) is 0 Å². The van der Waals surface area contributed by atoms with Crippen molar-refractivity contribution in [3.63, 3.8) is 0 Å². The smallest absolute Gasteiger partial charge is 0.244 e. The van der Waals surface area contributed by atoms with Crippen molar-refractivity contribution in [2.75, 3.05) is 19.6 Å². The van der Waals surface area contributed by atoms with Gasteiger partial charge in [0.1, 0.15) is 5.82 Å². The van der Waals surface area contributed by atoms with E-state index >= 15 is 0 Å². The summed E-state index contributed by atoms with van der Waals surface area (Å²) in [5.41, 5.74) is 0.697. The molecule has 1 saturated heterocycles. The molecule has 1 aliphatic heterocycles. The topological polar surface area (TPSA) is 32.3 Å². The summed E-state index contributed by atoms with van der Waals surface area (Å²) in [6.07, 6.45) is 6.30. The van der Waals surface area contributed by atoms with Crippen LogP contribution < -0.4 is 5.32 Å². The maximum Gasteiger partial charge on any atom is 0.244 e. The first-order valence-corrected chi connectivity index (χ1v) is 7.64. The van der Waals surface area contributed by atoms with Gasteiger partial charge in [-0.05, 0) is 49.6 Å². The van der Waals surface area contributed by atoms with E-state index in [4.69, 9.17) is 0 Å². The first kappa shape index (κ1) is 15.7. The molecule has 1 aromatic rings. The Labute approximate surface area is 125 Å². The number of nitrogens with zero attached hydrogens (tertiary/aromatic N) is 1. The molecule has 1 N–H and O–H groups in total. The average Bonchev–Trinajstić information content (AvgIpc) is 2.48. The van der Waals surface area contributed by atoms with E-state index in [-0.39, 0.29) is 17.8 Å². The SMILES string of the molecule is CCCN1CCC(NC(=O)/C=C/c2cccc(F)c2)CC1. The molecule has 4 heteroatoms. The van der Waals surface area contributed by atoms with Crippen molar-refractivity contribution in [3.8, 4) is 0 Å². The molecule has 0 radical (unpaired) electrons. The molecule has 0 spiro atoms. The molecule has 21 heavy (non-hydrogen) atoms.